The number of rotatable bonds is 3. The minimum atomic E-state index is -0.556. The molecule has 0 saturated heterocycles. The molecule has 15 heavy (non-hydrogen) atoms. The molecule has 0 spiro atoms. The van der Waals surface area contributed by atoms with Crippen LogP contribution in [0.5, 0.6) is 5.75 Å². The highest BCUT2D eigenvalue weighted by Gasteiger charge is 2.19. The van der Waals surface area contributed by atoms with Gasteiger partial charge in [-0.2, -0.15) is 0 Å². The van der Waals surface area contributed by atoms with Crippen LogP contribution < -0.4 is 5.73 Å². The molecule has 1 aromatic rings. The second-order valence-electron chi connectivity index (χ2n) is 3.85. The Kier molecular flexibility index (Phi) is 5.65. The quantitative estimate of drug-likeness (QED) is 0.744. The molecule has 0 aliphatic rings. The molecule has 1 aromatic carbocycles. The second-order valence-corrected chi connectivity index (χ2v) is 3.85. The van der Waals surface area contributed by atoms with E-state index in [4.69, 9.17) is 10.8 Å². The molecule has 0 heterocycles. The summed E-state index contributed by atoms with van der Waals surface area (Å²) >= 11 is 0. The van der Waals surface area contributed by atoms with Crippen molar-refractivity contribution in [3.8, 4) is 5.75 Å². The van der Waals surface area contributed by atoms with Crippen LogP contribution in [0.3, 0.4) is 0 Å². The molecule has 86 valence electrons. The number of halogens is 1. The third-order valence-electron chi connectivity index (χ3n) is 2.33. The predicted molar refractivity (Wildman–Crippen MR) is 63.1 cm³/mol. The number of benzene rings is 1. The standard InChI is InChI=1S/C11H17NO2.ClH/c1-7(2)11(14)10(12)8-3-5-9(13)6-4-8;/h3-7,10-11,13-14H,12H2,1-2H3;1H/t10-,11+;/m1./s1. The summed E-state index contributed by atoms with van der Waals surface area (Å²) in [5.74, 6) is 0.332. The molecule has 0 saturated carbocycles. The van der Waals surface area contributed by atoms with E-state index in [0.29, 0.717) is 0 Å². The molecule has 0 unspecified atom stereocenters. The summed E-state index contributed by atoms with van der Waals surface area (Å²) in [6, 6.07) is 6.21. The Hall–Kier alpha value is -0.770. The minimum absolute atomic E-state index is 0. The summed E-state index contributed by atoms with van der Waals surface area (Å²) in [6.45, 7) is 3.84. The van der Waals surface area contributed by atoms with Crippen LogP contribution in [0.4, 0.5) is 0 Å². The van der Waals surface area contributed by atoms with E-state index in [9.17, 15) is 5.11 Å². The maximum atomic E-state index is 9.73. The Balaban J connectivity index is 0.00000196. The Morgan fingerprint density at radius 1 is 1.13 bits per heavy atom. The van der Waals surface area contributed by atoms with Gasteiger partial charge in [0, 0.05) is 0 Å². The molecule has 3 nitrogen and oxygen atoms in total. The first kappa shape index (κ1) is 14.2. The number of phenols is 1. The van der Waals surface area contributed by atoms with E-state index in [0.717, 1.165) is 5.56 Å². The van der Waals surface area contributed by atoms with Crippen LogP contribution in [0, 0.1) is 5.92 Å². The lowest BCUT2D eigenvalue weighted by Gasteiger charge is -2.22. The van der Waals surface area contributed by atoms with Gasteiger partial charge < -0.3 is 15.9 Å². The van der Waals surface area contributed by atoms with Crippen molar-refractivity contribution in [2.75, 3.05) is 0 Å². The summed E-state index contributed by atoms with van der Waals surface area (Å²) in [7, 11) is 0. The number of aliphatic hydroxyl groups excluding tert-OH is 1. The van der Waals surface area contributed by atoms with Crippen LogP contribution in [0.25, 0.3) is 0 Å². The van der Waals surface area contributed by atoms with Crippen molar-refractivity contribution in [3.05, 3.63) is 29.8 Å². The fraction of sp³-hybridized carbons (Fsp3) is 0.455. The Labute approximate surface area is 96.3 Å². The number of phenolic OH excluding ortho intramolecular Hbond substituents is 1. The fourth-order valence-corrected chi connectivity index (χ4v) is 1.31. The molecule has 0 radical (unpaired) electrons. The molecule has 0 aromatic heterocycles. The van der Waals surface area contributed by atoms with Gasteiger partial charge in [-0.05, 0) is 23.6 Å². The molecule has 4 heteroatoms. The third-order valence-corrected chi connectivity index (χ3v) is 2.33. The molecule has 2 atom stereocenters. The fourth-order valence-electron chi connectivity index (χ4n) is 1.31. The summed E-state index contributed by atoms with van der Waals surface area (Å²) in [6.07, 6.45) is -0.556. The van der Waals surface area contributed by atoms with Gasteiger partial charge in [-0.25, -0.2) is 0 Å². The zero-order valence-corrected chi connectivity index (χ0v) is 9.74. The van der Waals surface area contributed by atoms with Crippen molar-refractivity contribution in [3.63, 3.8) is 0 Å². The predicted octanol–water partition coefficient (Wildman–Crippen LogP) is 1.83. The summed E-state index contributed by atoms with van der Waals surface area (Å²) in [5, 5.41) is 18.8. The monoisotopic (exact) mass is 231 g/mol. The third kappa shape index (κ3) is 3.70. The highest BCUT2D eigenvalue weighted by molar-refractivity contribution is 5.85. The highest BCUT2D eigenvalue weighted by Crippen LogP contribution is 2.21. The Bertz CT molecular complexity index is 287. The lowest BCUT2D eigenvalue weighted by molar-refractivity contribution is 0.0979. The summed E-state index contributed by atoms with van der Waals surface area (Å²) in [5.41, 5.74) is 6.69. The van der Waals surface area contributed by atoms with Crippen LogP contribution >= 0.6 is 12.4 Å². The van der Waals surface area contributed by atoms with Crippen LogP contribution in [-0.4, -0.2) is 16.3 Å². The molecule has 0 amide bonds. The number of nitrogens with two attached hydrogens (primary N) is 1. The van der Waals surface area contributed by atoms with Crippen molar-refractivity contribution in [1.29, 1.82) is 0 Å². The number of hydrogen-bond donors (Lipinski definition) is 3. The molecular weight excluding hydrogens is 214 g/mol. The first-order valence-corrected chi connectivity index (χ1v) is 4.75. The maximum absolute atomic E-state index is 9.73. The van der Waals surface area contributed by atoms with Crippen molar-refractivity contribution >= 4 is 12.4 Å². The van der Waals surface area contributed by atoms with Gasteiger partial charge in [0.15, 0.2) is 0 Å². The Morgan fingerprint density at radius 2 is 1.60 bits per heavy atom. The maximum Gasteiger partial charge on any atom is 0.115 e. The van der Waals surface area contributed by atoms with E-state index in [1.165, 1.54) is 0 Å². The lowest BCUT2D eigenvalue weighted by atomic mass is 9.94. The van der Waals surface area contributed by atoms with Gasteiger partial charge >= 0.3 is 0 Å². The number of aromatic hydroxyl groups is 1. The van der Waals surface area contributed by atoms with Gasteiger partial charge in [-0.3, -0.25) is 0 Å². The largest absolute Gasteiger partial charge is 0.508 e. The van der Waals surface area contributed by atoms with Gasteiger partial charge in [-0.1, -0.05) is 26.0 Å². The lowest BCUT2D eigenvalue weighted by Crippen LogP contribution is -2.30. The van der Waals surface area contributed by atoms with Gasteiger partial charge in [0.2, 0.25) is 0 Å². The Morgan fingerprint density at radius 3 is 2.00 bits per heavy atom. The summed E-state index contributed by atoms with van der Waals surface area (Å²) < 4.78 is 0. The number of hydrogen-bond acceptors (Lipinski definition) is 3. The van der Waals surface area contributed by atoms with E-state index < -0.39 is 12.1 Å². The molecule has 4 N–H and O–H groups in total. The minimum Gasteiger partial charge on any atom is -0.508 e. The molecule has 0 aliphatic carbocycles. The van der Waals surface area contributed by atoms with Crippen molar-refractivity contribution in [1.82, 2.24) is 0 Å². The average Bonchev–Trinajstić information content (AvgIpc) is 2.16. The average molecular weight is 232 g/mol. The SMILES string of the molecule is CC(C)[C@H](O)[C@H](N)c1ccc(O)cc1.Cl. The van der Waals surface area contributed by atoms with E-state index in [1.807, 2.05) is 13.8 Å². The molecule has 0 aliphatic heterocycles. The van der Waals surface area contributed by atoms with Gasteiger partial charge in [0.05, 0.1) is 12.1 Å². The zero-order valence-electron chi connectivity index (χ0n) is 8.92. The topological polar surface area (TPSA) is 66.5 Å². The molecule has 1 rings (SSSR count). The number of aliphatic hydroxyl groups is 1. The van der Waals surface area contributed by atoms with Crippen LogP contribution in [0.1, 0.15) is 25.5 Å². The molecule has 0 fully saturated rings. The first-order chi connectivity index (χ1) is 6.52. The highest BCUT2D eigenvalue weighted by atomic mass is 35.5. The normalized spacial score (nSPS) is 14.5. The van der Waals surface area contributed by atoms with Crippen LogP contribution in [-0.2, 0) is 0 Å². The van der Waals surface area contributed by atoms with Crippen LogP contribution in [0.2, 0.25) is 0 Å². The summed E-state index contributed by atoms with van der Waals surface area (Å²) in [4.78, 5) is 0. The van der Waals surface area contributed by atoms with E-state index in [-0.39, 0.29) is 24.1 Å². The van der Waals surface area contributed by atoms with E-state index in [1.54, 1.807) is 24.3 Å². The van der Waals surface area contributed by atoms with Gasteiger partial charge in [0.1, 0.15) is 5.75 Å². The van der Waals surface area contributed by atoms with Crippen molar-refractivity contribution in [2.24, 2.45) is 11.7 Å². The van der Waals surface area contributed by atoms with Crippen LogP contribution in [0.15, 0.2) is 24.3 Å². The smallest absolute Gasteiger partial charge is 0.115 e. The van der Waals surface area contributed by atoms with E-state index >= 15 is 0 Å². The second kappa shape index (κ2) is 5.95. The molecule has 0 bridgehead atoms. The first-order valence-electron chi connectivity index (χ1n) is 4.75. The van der Waals surface area contributed by atoms with Gasteiger partial charge in [-0.15, -0.1) is 12.4 Å². The van der Waals surface area contributed by atoms with Crippen molar-refractivity contribution in [2.45, 2.75) is 26.0 Å². The zero-order chi connectivity index (χ0) is 10.7. The van der Waals surface area contributed by atoms with Gasteiger partial charge in [0.25, 0.3) is 0 Å². The van der Waals surface area contributed by atoms with E-state index in [2.05, 4.69) is 0 Å². The van der Waals surface area contributed by atoms with Crippen molar-refractivity contribution < 1.29 is 10.2 Å². The molecular formula is C11H18ClNO2.